The van der Waals surface area contributed by atoms with E-state index in [0.29, 0.717) is 22.6 Å². The Morgan fingerprint density at radius 2 is 2.12 bits per heavy atom. The maximum atomic E-state index is 12.0. The monoisotopic (exact) mass is 376 g/mol. The number of carbonyl (C=O) groups excluding carboxylic acids is 2. The highest BCUT2D eigenvalue weighted by Gasteiger charge is 2.28. The van der Waals surface area contributed by atoms with Crippen molar-refractivity contribution in [1.29, 1.82) is 0 Å². The van der Waals surface area contributed by atoms with Crippen LogP contribution in [0.2, 0.25) is 0 Å². The van der Waals surface area contributed by atoms with Gasteiger partial charge < -0.3 is 14.5 Å². The van der Waals surface area contributed by atoms with Gasteiger partial charge in [0.1, 0.15) is 11.3 Å². The summed E-state index contributed by atoms with van der Waals surface area (Å²) in [4.78, 5) is 28.2. The van der Waals surface area contributed by atoms with E-state index in [1.165, 1.54) is 6.42 Å². The second-order valence-corrected chi connectivity index (χ2v) is 7.76. The first kappa shape index (κ1) is 18.8. The van der Waals surface area contributed by atoms with E-state index in [9.17, 15) is 9.59 Å². The fourth-order valence-corrected chi connectivity index (χ4v) is 3.89. The van der Waals surface area contributed by atoms with E-state index in [0.717, 1.165) is 30.1 Å². The van der Waals surface area contributed by atoms with Crippen LogP contribution in [0.15, 0.2) is 33.9 Å². The Morgan fingerprint density at radius 3 is 2.92 bits per heavy atom. The van der Waals surface area contributed by atoms with Crippen LogP contribution in [-0.4, -0.2) is 35.3 Å². The van der Waals surface area contributed by atoms with Crippen LogP contribution in [-0.2, 0) is 14.3 Å². The first-order chi connectivity index (χ1) is 12.5. The third-order valence-electron chi connectivity index (χ3n) is 5.01. The molecule has 1 aliphatic carbocycles. The van der Waals surface area contributed by atoms with Crippen LogP contribution >= 0.6 is 11.8 Å². The Morgan fingerprint density at radius 1 is 1.31 bits per heavy atom. The summed E-state index contributed by atoms with van der Waals surface area (Å²) in [7, 11) is 0. The summed E-state index contributed by atoms with van der Waals surface area (Å²) < 4.78 is 10.6. The van der Waals surface area contributed by atoms with E-state index in [1.54, 1.807) is 0 Å². The van der Waals surface area contributed by atoms with E-state index >= 15 is 0 Å². The highest BCUT2D eigenvalue weighted by Crippen LogP contribution is 2.29. The van der Waals surface area contributed by atoms with Gasteiger partial charge in [-0.15, -0.1) is 0 Å². The summed E-state index contributed by atoms with van der Waals surface area (Å²) in [6, 6.07) is 7.57. The van der Waals surface area contributed by atoms with Gasteiger partial charge in [-0.1, -0.05) is 50.6 Å². The lowest BCUT2D eigenvalue weighted by Gasteiger charge is -2.34. The zero-order valence-corrected chi connectivity index (χ0v) is 15.9. The van der Waals surface area contributed by atoms with Gasteiger partial charge >= 0.3 is 5.97 Å². The van der Waals surface area contributed by atoms with E-state index in [2.05, 4.69) is 24.1 Å². The van der Waals surface area contributed by atoms with Crippen LogP contribution < -0.4 is 5.32 Å². The van der Waals surface area contributed by atoms with Crippen LogP contribution in [0.4, 0.5) is 0 Å². The molecule has 0 radical (unpaired) electrons. The number of benzene rings is 1. The molecule has 1 amide bonds. The van der Waals surface area contributed by atoms with E-state index < -0.39 is 5.97 Å². The number of esters is 1. The lowest BCUT2D eigenvalue weighted by molar-refractivity contribution is -0.146. The average molecular weight is 376 g/mol. The number of nitrogens with zero attached hydrogens (tertiary/aromatic N) is 1. The van der Waals surface area contributed by atoms with Crippen molar-refractivity contribution in [3.05, 3.63) is 24.3 Å². The van der Waals surface area contributed by atoms with Gasteiger partial charge in [0.2, 0.25) is 0 Å². The number of fused-ring (bicyclic) bond motifs is 1. The summed E-state index contributed by atoms with van der Waals surface area (Å²) in [5.74, 6) is 0.396. The quantitative estimate of drug-likeness (QED) is 0.615. The topological polar surface area (TPSA) is 81.4 Å². The number of carbonyl (C=O) groups is 2. The number of aromatic nitrogens is 1. The maximum absolute atomic E-state index is 12.0. The number of rotatable bonds is 6. The molecule has 0 aliphatic heterocycles. The zero-order valence-electron chi connectivity index (χ0n) is 15.1. The van der Waals surface area contributed by atoms with Crippen molar-refractivity contribution in [3.8, 4) is 0 Å². The lowest BCUT2D eigenvalue weighted by atomic mass is 9.78. The molecule has 1 aromatic carbocycles. The minimum atomic E-state index is -0.461. The second kappa shape index (κ2) is 8.58. The highest BCUT2D eigenvalue weighted by atomic mass is 32.2. The molecule has 3 rings (SSSR count). The molecular formula is C19H24N2O4S. The van der Waals surface area contributed by atoms with Crippen LogP contribution in [0.25, 0.3) is 11.1 Å². The minimum absolute atomic E-state index is 0.0525. The number of hydrogen-bond acceptors (Lipinski definition) is 6. The molecule has 1 aromatic heterocycles. The van der Waals surface area contributed by atoms with Crippen LogP contribution in [0.5, 0.6) is 0 Å². The van der Waals surface area contributed by atoms with Crippen molar-refractivity contribution in [2.45, 2.75) is 44.4 Å². The minimum Gasteiger partial charge on any atom is -0.455 e. The largest absolute Gasteiger partial charge is 0.455 e. The lowest BCUT2D eigenvalue weighted by Crippen LogP contribution is -2.45. The fourth-order valence-electron chi connectivity index (χ4n) is 3.26. The van der Waals surface area contributed by atoms with Crippen molar-refractivity contribution in [2.24, 2.45) is 11.8 Å². The molecule has 1 saturated carbocycles. The van der Waals surface area contributed by atoms with Crippen molar-refractivity contribution < 1.29 is 18.7 Å². The second-order valence-electron chi connectivity index (χ2n) is 6.84. The predicted molar refractivity (Wildman–Crippen MR) is 99.8 cm³/mol. The van der Waals surface area contributed by atoms with Crippen LogP contribution in [0.1, 0.15) is 33.1 Å². The van der Waals surface area contributed by atoms with Gasteiger partial charge in [-0.25, -0.2) is 4.98 Å². The molecule has 7 heteroatoms. The fraction of sp³-hybridized carbons (Fsp3) is 0.526. The summed E-state index contributed by atoms with van der Waals surface area (Å²) >= 11 is 1.16. The molecule has 26 heavy (non-hydrogen) atoms. The third kappa shape index (κ3) is 4.78. The average Bonchev–Trinajstić information content (AvgIpc) is 3.05. The van der Waals surface area contributed by atoms with E-state index in [1.807, 2.05) is 24.3 Å². The Balaban J connectivity index is 1.40. The molecular weight excluding hydrogens is 352 g/mol. The summed E-state index contributed by atoms with van der Waals surface area (Å²) in [6.07, 6.45) is 3.31. The normalized spacial score (nSPS) is 22.9. The number of para-hydroxylation sites is 2. The molecule has 1 aliphatic rings. The molecule has 140 valence electrons. The molecule has 0 saturated heterocycles. The standard InChI is InChI=1S/C19H24N2O4S/c1-12-6-5-8-14(13(12)2)20-17(22)10-24-18(23)11-26-19-21-15-7-3-4-9-16(15)25-19/h3-4,7,9,12-14H,5-6,8,10-11H2,1-2H3,(H,20,22)/t12-,13+,14+/m0/s1. The van der Waals surface area contributed by atoms with Gasteiger partial charge in [0.15, 0.2) is 12.2 Å². The smallest absolute Gasteiger partial charge is 0.316 e. The summed E-state index contributed by atoms with van der Waals surface area (Å²) in [5.41, 5.74) is 1.43. The van der Waals surface area contributed by atoms with Crippen molar-refractivity contribution in [2.75, 3.05) is 12.4 Å². The molecule has 3 atom stereocenters. The Kier molecular flexibility index (Phi) is 6.19. The Hall–Kier alpha value is -2.02. The number of nitrogens with one attached hydrogen (secondary N) is 1. The molecule has 0 unspecified atom stereocenters. The number of oxazole rings is 1. The van der Waals surface area contributed by atoms with E-state index in [4.69, 9.17) is 9.15 Å². The van der Waals surface area contributed by atoms with Gasteiger partial charge in [0, 0.05) is 6.04 Å². The molecule has 1 fully saturated rings. The maximum Gasteiger partial charge on any atom is 0.316 e. The van der Waals surface area contributed by atoms with Gasteiger partial charge in [-0.05, 0) is 30.4 Å². The van der Waals surface area contributed by atoms with Crippen molar-refractivity contribution in [3.63, 3.8) is 0 Å². The zero-order chi connectivity index (χ0) is 18.5. The van der Waals surface area contributed by atoms with Gasteiger partial charge in [-0.3, -0.25) is 9.59 Å². The van der Waals surface area contributed by atoms with Crippen molar-refractivity contribution >= 4 is 34.7 Å². The molecule has 1 heterocycles. The number of hydrogen-bond donors (Lipinski definition) is 1. The summed E-state index contributed by atoms with van der Waals surface area (Å²) in [6.45, 7) is 4.13. The number of thioether (sulfide) groups is 1. The van der Waals surface area contributed by atoms with Gasteiger partial charge in [0.25, 0.3) is 11.1 Å². The summed E-state index contributed by atoms with van der Waals surface area (Å²) in [5, 5.41) is 3.41. The van der Waals surface area contributed by atoms with Crippen LogP contribution in [0.3, 0.4) is 0 Å². The Bertz CT molecular complexity index is 743. The predicted octanol–water partition coefficient (Wildman–Crippen LogP) is 3.40. The van der Waals surface area contributed by atoms with Gasteiger partial charge in [0.05, 0.1) is 0 Å². The van der Waals surface area contributed by atoms with E-state index in [-0.39, 0.29) is 24.3 Å². The van der Waals surface area contributed by atoms with Gasteiger partial charge in [-0.2, -0.15) is 0 Å². The van der Waals surface area contributed by atoms with Crippen molar-refractivity contribution in [1.82, 2.24) is 10.3 Å². The Labute approximate surface area is 157 Å². The highest BCUT2D eigenvalue weighted by molar-refractivity contribution is 7.99. The number of ether oxygens (including phenoxy) is 1. The first-order valence-corrected chi connectivity index (χ1v) is 9.95. The van der Waals surface area contributed by atoms with Crippen LogP contribution in [0, 0.1) is 11.8 Å². The first-order valence-electron chi connectivity index (χ1n) is 8.96. The number of amides is 1. The molecule has 0 spiro atoms. The SMILES string of the molecule is C[C@@H]1[C@@H](C)CCC[C@H]1NC(=O)COC(=O)CSc1nc2ccccc2o1. The molecule has 6 nitrogen and oxygen atoms in total. The molecule has 2 aromatic rings. The molecule has 0 bridgehead atoms. The molecule has 1 N–H and O–H groups in total. The third-order valence-corrected chi connectivity index (χ3v) is 5.81.